The fourth-order valence-corrected chi connectivity index (χ4v) is 11.7. The fraction of sp³-hybridized carbons (Fsp3) is 0.982. The molecule has 1 N–H and O–H groups in total. The summed E-state index contributed by atoms with van der Waals surface area (Å²) in [4.78, 5) is 15.7. The molecule has 9 heteroatoms. The van der Waals surface area contributed by atoms with Gasteiger partial charge in [-0.25, -0.2) is 0 Å². The Balaban J connectivity index is 5.00. The van der Waals surface area contributed by atoms with Gasteiger partial charge in [0.05, 0.1) is 6.61 Å². The second-order valence-corrected chi connectivity index (χ2v) is 25.1. The van der Waals surface area contributed by atoms with E-state index in [1.54, 1.807) is 0 Å². The van der Waals surface area contributed by atoms with Gasteiger partial charge in [0.1, 0.15) is 11.5 Å². The Morgan fingerprint density at radius 3 is 1.48 bits per heavy atom. The molecule has 0 heterocycles. The van der Waals surface area contributed by atoms with E-state index >= 15 is 0 Å². The zero-order valence-corrected chi connectivity index (χ0v) is 47.4. The number of carbonyl (C=O) groups is 1. The number of ether oxygens (including phenoxy) is 2. The molecule has 0 radical (unpaired) electrons. The molecule has 0 aliphatic heterocycles. The van der Waals surface area contributed by atoms with Crippen LogP contribution < -0.4 is 0 Å². The van der Waals surface area contributed by atoms with Crippen LogP contribution in [0.4, 0.5) is 0 Å². The summed E-state index contributed by atoms with van der Waals surface area (Å²) in [5, 5.41) is 9.50. The Morgan fingerprint density at radius 2 is 0.924 bits per heavy atom. The molecule has 0 amide bonds. The van der Waals surface area contributed by atoms with Crippen molar-refractivity contribution in [3.05, 3.63) is 0 Å². The second kappa shape index (κ2) is 51.2. The van der Waals surface area contributed by atoms with Crippen LogP contribution in [0.3, 0.4) is 0 Å². The van der Waals surface area contributed by atoms with Crippen molar-refractivity contribution in [3.8, 4) is 0 Å². The summed E-state index contributed by atoms with van der Waals surface area (Å²) in [6.07, 6.45) is 46.2. The molecule has 0 aliphatic rings. The molecule has 0 saturated carbocycles. The molecule has 0 aliphatic carbocycles. The number of thioether (sulfide) groups is 1. The van der Waals surface area contributed by atoms with Crippen molar-refractivity contribution in [2.24, 2.45) is 5.92 Å². The summed E-state index contributed by atoms with van der Waals surface area (Å²) in [6, 6.07) is 0. The number of hydrogen-bond donors (Lipinski definition) is 1. The van der Waals surface area contributed by atoms with E-state index < -0.39 is 8.56 Å². The maximum Gasteiger partial charge on any atom is 0.333 e. The van der Waals surface area contributed by atoms with Crippen LogP contribution in [-0.2, 0) is 23.1 Å². The first-order valence-corrected chi connectivity index (χ1v) is 33.2. The minimum absolute atomic E-state index is 0.00600. The smallest absolute Gasteiger partial charge is 0.333 e. The number of aliphatic hydroxyl groups is 1. The highest BCUT2D eigenvalue weighted by molar-refractivity contribution is 8.00. The average molecular weight is 973 g/mol. The van der Waals surface area contributed by atoms with E-state index in [0.717, 1.165) is 103 Å². The Bertz CT molecular complexity index is 977. The summed E-state index contributed by atoms with van der Waals surface area (Å²) in [6.45, 7) is 21.6. The third kappa shape index (κ3) is 45.0. The first-order chi connectivity index (χ1) is 32.3. The van der Waals surface area contributed by atoms with Crippen molar-refractivity contribution in [3.63, 3.8) is 0 Å². The third-order valence-corrected chi connectivity index (χ3v) is 16.4. The molecule has 3 atom stereocenters. The van der Waals surface area contributed by atoms with E-state index in [-0.39, 0.29) is 24.1 Å². The van der Waals surface area contributed by atoms with Crippen LogP contribution in [0.5, 0.6) is 0 Å². The van der Waals surface area contributed by atoms with Gasteiger partial charge >= 0.3 is 14.5 Å². The number of hydrogen-bond acceptors (Lipinski definition) is 8. The quantitative estimate of drug-likeness (QED) is 0.0280. The number of rotatable bonds is 55. The van der Waals surface area contributed by atoms with Gasteiger partial charge in [0, 0.05) is 19.8 Å². The molecule has 0 spiro atoms. The molecule has 0 aromatic carbocycles. The zero-order chi connectivity index (χ0) is 48.4. The van der Waals surface area contributed by atoms with Crippen LogP contribution in [0.2, 0.25) is 13.1 Å². The molecule has 0 aromatic heterocycles. The minimum Gasteiger partial charge on any atom is -0.465 e. The van der Waals surface area contributed by atoms with E-state index in [0.29, 0.717) is 12.5 Å². The molecule has 0 bridgehead atoms. The Hall–Kier alpha value is -0.163. The van der Waals surface area contributed by atoms with Gasteiger partial charge < -0.3 is 28.3 Å². The molecule has 0 rings (SSSR count). The van der Waals surface area contributed by atoms with Crippen molar-refractivity contribution in [1.29, 1.82) is 0 Å². The van der Waals surface area contributed by atoms with Crippen LogP contribution in [0.25, 0.3) is 0 Å². The van der Waals surface area contributed by atoms with E-state index in [9.17, 15) is 9.90 Å². The van der Waals surface area contributed by atoms with Crippen molar-refractivity contribution >= 4 is 26.3 Å². The number of nitrogens with zero attached hydrogens (tertiary/aromatic N) is 1. The van der Waals surface area contributed by atoms with Crippen molar-refractivity contribution in [2.75, 3.05) is 51.8 Å². The second-order valence-electron chi connectivity index (χ2n) is 20.5. The molecular formula is C57H117NO6SSi. The molecule has 7 nitrogen and oxygen atoms in total. The van der Waals surface area contributed by atoms with Gasteiger partial charge in [-0.1, -0.05) is 202 Å². The maximum absolute atomic E-state index is 13.1. The Kier molecular flexibility index (Phi) is 51.1. The summed E-state index contributed by atoms with van der Waals surface area (Å²) in [7, 11) is -2.38. The highest BCUT2D eigenvalue weighted by Crippen LogP contribution is 2.25. The van der Waals surface area contributed by atoms with Gasteiger partial charge in [-0.15, -0.1) is 11.8 Å². The van der Waals surface area contributed by atoms with Gasteiger partial charge in [0.25, 0.3) is 0 Å². The van der Waals surface area contributed by atoms with Gasteiger partial charge in [-0.05, 0) is 121 Å². The van der Waals surface area contributed by atoms with Crippen LogP contribution in [0.1, 0.15) is 279 Å². The lowest BCUT2D eigenvalue weighted by Gasteiger charge is -2.31. The van der Waals surface area contributed by atoms with Crippen LogP contribution in [0.15, 0.2) is 0 Å². The summed E-state index contributed by atoms with van der Waals surface area (Å²) >= 11 is 1.84. The molecule has 396 valence electrons. The SMILES string of the molecule is CCCCCCCCOC(CCCCCN(CCCCO)CCCCCCOC(=O)C(CCCCCCCC)SCCCCC)O[Si](C)(C)OCC(CCCCCC)CCCCCCCC. The van der Waals surface area contributed by atoms with Gasteiger partial charge in [-0.3, -0.25) is 4.79 Å². The predicted octanol–water partition coefficient (Wildman–Crippen LogP) is 17.5. The number of carbonyl (C=O) groups excluding carboxylic acids is 1. The van der Waals surface area contributed by atoms with E-state index in [1.165, 1.54) is 180 Å². The lowest BCUT2D eigenvalue weighted by molar-refractivity contribution is -0.143. The number of esters is 1. The predicted molar refractivity (Wildman–Crippen MR) is 292 cm³/mol. The fourth-order valence-electron chi connectivity index (χ4n) is 8.95. The van der Waals surface area contributed by atoms with Gasteiger partial charge in [0.15, 0.2) is 0 Å². The molecule has 3 unspecified atom stereocenters. The maximum atomic E-state index is 13.1. The molecule has 0 aromatic rings. The topological polar surface area (TPSA) is 77.5 Å². The largest absolute Gasteiger partial charge is 0.465 e. The zero-order valence-electron chi connectivity index (χ0n) is 45.6. The first-order valence-electron chi connectivity index (χ1n) is 29.3. The van der Waals surface area contributed by atoms with Crippen molar-refractivity contribution < 1.29 is 28.2 Å². The lowest BCUT2D eigenvalue weighted by atomic mass is 9.95. The normalized spacial score (nSPS) is 13.5. The third-order valence-electron chi connectivity index (χ3n) is 13.4. The Labute approximate surface area is 418 Å². The summed E-state index contributed by atoms with van der Waals surface area (Å²) in [5.74, 6) is 1.73. The van der Waals surface area contributed by atoms with Crippen LogP contribution in [0, 0.1) is 5.92 Å². The highest BCUT2D eigenvalue weighted by Gasteiger charge is 2.30. The number of aliphatic hydroxyl groups excluding tert-OH is 1. The van der Waals surface area contributed by atoms with Gasteiger partial charge in [0.2, 0.25) is 0 Å². The van der Waals surface area contributed by atoms with Gasteiger partial charge in [-0.2, -0.15) is 0 Å². The summed E-state index contributed by atoms with van der Waals surface area (Å²) < 4.78 is 26.0. The van der Waals surface area contributed by atoms with E-state index in [2.05, 4.69) is 52.6 Å². The van der Waals surface area contributed by atoms with E-state index in [1.807, 2.05) is 11.8 Å². The first kappa shape index (κ1) is 65.8. The van der Waals surface area contributed by atoms with Crippen molar-refractivity contribution in [2.45, 2.75) is 303 Å². The van der Waals surface area contributed by atoms with Crippen molar-refractivity contribution in [1.82, 2.24) is 4.90 Å². The number of unbranched alkanes of at least 4 members (excludes halogenated alkanes) is 26. The van der Waals surface area contributed by atoms with Crippen LogP contribution in [-0.4, -0.2) is 87.9 Å². The Morgan fingerprint density at radius 1 is 0.500 bits per heavy atom. The standard InChI is InChI=1S/C57H117NO6SSi/c1-8-13-18-22-25-32-43-54(42-31-21-16-11-4)53-63-66(6,7)64-56(61-50-39-28-24-20-15-10-3)45-34-30-36-47-58(48-37-38-49-59)46-35-27-29-40-51-62-57(60)55(65-52-41-17-12-5)44-33-26-23-19-14-9-2/h54-56,59H,8-53H2,1-7H3. The molecule has 0 saturated heterocycles. The minimum atomic E-state index is -2.38. The molecule has 66 heavy (non-hydrogen) atoms. The van der Waals surface area contributed by atoms with E-state index in [4.69, 9.17) is 18.3 Å². The average Bonchev–Trinajstić information content (AvgIpc) is 3.30. The molecule has 0 fully saturated rings. The highest BCUT2D eigenvalue weighted by atomic mass is 32.2. The lowest BCUT2D eigenvalue weighted by Crippen LogP contribution is -2.41. The van der Waals surface area contributed by atoms with Crippen LogP contribution >= 0.6 is 11.8 Å². The molecular weight excluding hydrogens is 855 g/mol. The monoisotopic (exact) mass is 972 g/mol. The summed E-state index contributed by atoms with van der Waals surface area (Å²) in [5.41, 5.74) is 0.